The predicted molar refractivity (Wildman–Crippen MR) is 170 cm³/mol. The number of nitrogens with zero attached hydrogens (tertiary/aromatic N) is 2. The summed E-state index contributed by atoms with van der Waals surface area (Å²) < 4.78 is 5.88. The summed E-state index contributed by atoms with van der Waals surface area (Å²) in [6.45, 7) is 5.38. The molecular formula is C35H41N5O6. The van der Waals surface area contributed by atoms with Gasteiger partial charge in [-0.25, -0.2) is 0 Å². The van der Waals surface area contributed by atoms with Gasteiger partial charge in [-0.2, -0.15) is 0 Å². The van der Waals surface area contributed by atoms with Crippen LogP contribution in [0.4, 0.5) is 0 Å². The Labute approximate surface area is 268 Å². The van der Waals surface area contributed by atoms with Crippen molar-refractivity contribution in [3.05, 3.63) is 88.1 Å². The van der Waals surface area contributed by atoms with E-state index in [0.29, 0.717) is 67.7 Å². The Hall–Kier alpha value is -4.80. The van der Waals surface area contributed by atoms with Crippen molar-refractivity contribution >= 4 is 29.4 Å². The van der Waals surface area contributed by atoms with Crippen molar-refractivity contribution in [3.8, 4) is 0 Å². The van der Waals surface area contributed by atoms with Crippen LogP contribution in [0.15, 0.2) is 53.2 Å². The smallest absolute Gasteiger partial charge is 0.258 e. The van der Waals surface area contributed by atoms with Crippen molar-refractivity contribution in [2.75, 3.05) is 19.6 Å². The summed E-state index contributed by atoms with van der Waals surface area (Å²) in [6.07, 6.45) is 6.16. The van der Waals surface area contributed by atoms with E-state index in [-0.39, 0.29) is 36.3 Å². The Morgan fingerprint density at radius 2 is 1.80 bits per heavy atom. The molecule has 3 aromatic rings. The van der Waals surface area contributed by atoms with Crippen LogP contribution >= 0.6 is 0 Å². The van der Waals surface area contributed by atoms with E-state index in [9.17, 15) is 24.0 Å². The third-order valence-corrected chi connectivity index (χ3v) is 8.45. The first kappa shape index (κ1) is 32.6. The number of benzene rings is 1. The van der Waals surface area contributed by atoms with Gasteiger partial charge in [-0.05, 0) is 55.7 Å². The molecule has 0 spiro atoms. The molecule has 3 N–H and O–H groups in total. The van der Waals surface area contributed by atoms with Gasteiger partial charge in [0.1, 0.15) is 17.6 Å². The van der Waals surface area contributed by atoms with Crippen molar-refractivity contribution in [1.82, 2.24) is 25.8 Å². The molecule has 5 rings (SSSR count). The van der Waals surface area contributed by atoms with Crippen molar-refractivity contribution in [3.63, 3.8) is 0 Å². The van der Waals surface area contributed by atoms with Crippen LogP contribution in [0.3, 0.4) is 0 Å². The first-order valence-corrected chi connectivity index (χ1v) is 15.9. The molecule has 11 nitrogen and oxygen atoms in total. The van der Waals surface area contributed by atoms with Gasteiger partial charge in [-0.3, -0.25) is 29.0 Å². The molecule has 2 aromatic heterocycles. The molecule has 2 bridgehead atoms. The van der Waals surface area contributed by atoms with Crippen LogP contribution in [0.5, 0.6) is 0 Å². The maximum atomic E-state index is 14.3. The van der Waals surface area contributed by atoms with Crippen LogP contribution in [0.2, 0.25) is 0 Å². The lowest BCUT2D eigenvalue weighted by molar-refractivity contribution is -0.124. The molecular weight excluding hydrogens is 586 g/mol. The van der Waals surface area contributed by atoms with E-state index in [1.807, 2.05) is 44.2 Å². The molecule has 3 heterocycles. The monoisotopic (exact) mass is 627 g/mol. The van der Waals surface area contributed by atoms with E-state index in [4.69, 9.17) is 4.42 Å². The van der Waals surface area contributed by atoms with E-state index in [1.54, 1.807) is 19.2 Å². The summed E-state index contributed by atoms with van der Waals surface area (Å²) in [5, 5.41) is 8.83. The Bertz CT molecular complexity index is 1610. The Balaban J connectivity index is 1.51. The third-order valence-electron chi connectivity index (χ3n) is 8.45. The fourth-order valence-corrected chi connectivity index (χ4v) is 6.12. The van der Waals surface area contributed by atoms with Gasteiger partial charge in [0.15, 0.2) is 5.78 Å². The van der Waals surface area contributed by atoms with Gasteiger partial charge in [0.25, 0.3) is 11.8 Å². The van der Waals surface area contributed by atoms with Gasteiger partial charge in [-0.1, -0.05) is 44.2 Å². The molecule has 0 radical (unpaired) electrons. The number of Topliss-reactive ketones (excluding diaryl/α,β-unsaturated/α-hetero) is 1. The van der Waals surface area contributed by atoms with Gasteiger partial charge < -0.3 is 25.3 Å². The highest BCUT2D eigenvalue weighted by Gasteiger charge is 2.35. The number of amides is 4. The minimum Gasteiger partial charge on any atom is -0.465 e. The van der Waals surface area contributed by atoms with Gasteiger partial charge in [0, 0.05) is 38.3 Å². The highest BCUT2D eigenvalue weighted by molar-refractivity contribution is 6.10. The topological polar surface area (TPSA) is 151 Å². The number of hydrogen-bond acceptors (Lipinski definition) is 7. The molecule has 11 heteroatoms. The minimum absolute atomic E-state index is 0.0239. The van der Waals surface area contributed by atoms with E-state index in [1.165, 1.54) is 11.1 Å². The van der Waals surface area contributed by atoms with Crippen molar-refractivity contribution < 1.29 is 28.4 Å². The summed E-state index contributed by atoms with van der Waals surface area (Å²) in [5.41, 5.74) is 2.54. The highest BCUT2D eigenvalue weighted by atomic mass is 16.3. The van der Waals surface area contributed by atoms with E-state index in [0.717, 1.165) is 11.1 Å². The lowest BCUT2D eigenvalue weighted by Gasteiger charge is -2.30. The lowest BCUT2D eigenvalue weighted by Crippen LogP contribution is -2.55. The Morgan fingerprint density at radius 1 is 1.02 bits per heavy atom. The van der Waals surface area contributed by atoms with Crippen molar-refractivity contribution in [2.45, 2.75) is 71.4 Å². The SMILES string of the molecule is Cc1oc2c(c1C(=O)N1CC(=O)NCCCc3cncc(c3)C(=O)N[C@H](C(C)C)C(=O)N[C@H](Cc3ccccc3)C1)C(=O)CCC2. The van der Waals surface area contributed by atoms with Gasteiger partial charge in [0.2, 0.25) is 11.8 Å². The number of rotatable bonds is 4. The van der Waals surface area contributed by atoms with Crippen molar-refractivity contribution in [1.29, 1.82) is 0 Å². The molecule has 46 heavy (non-hydrogen) atoms. The number of aryl methyl sites for hydroxylation is 3. The number of ketones is 1. The fourth-order valence-electron chi connectivity index (χ4n) is 6.12. The molecule has 0 saturated carbocycles. The second-order valence-corrected chi connectivity index (χ2v) is 12.4. The predicted octanol–water partition coefficient (Wildman–Crippen LogP) is 3.19. The third kappa shape index (κ3) is 7.70. The fraction of sp³-hybridized carbons (Fsp3) is 0.429. The number of carbonyl (C=O) groups is 5. The summed E-state index contributed by atoms with van der Waals surface area (Å²) in [4.78, 5) is 73.3. The number of pyridine rings is 1. The maximum Gasteiger partial charge on any atom is 0.258 e. The standard InChI is InChI=1S/C35H41N5O6/c1-21(2)32-34(44)38-26(16-23-9-5-4-6-10-23)19-40(35(45)30-22(3)46-28-13-7-12-27(41)31(28)30)20-29(42)37-14-8-11-24-15-25(18-36-17-24)33(43)39-32/h4-6,9-10,15,17-18,21,26,32H,7-8,11-14,16,19-20H2,1-3H3,(H,37,42)(H,38,44)(H,39,43)/t26-,32-/m1/s1. The molecule has 4 amide bonds. The number of aromatic nitrogens is 1. The van der Waals surface area contributed by atoms with Crippen LogP contribution in [0, 0.1) is 12.8 Å². The molecule has 1 aliphatic carbocycles. The zero-order valence-electron chi connectivity index (χ0n) is 26.6. The lowest BCUT2D eigenvalue weighted by atomic mass is 9.92. The van der Waals surface area contributed by atoms with Crippen LogP contribution in [0.1, 0.15) is 86.8 Å². The normalized spacial score (nSPS) is 20.0. The molecule has 1 aromatic carbocycles. The molecule has 242 valence electrons. The number of hydrogen-bond donors (Lipinski definition) is 3. The molecule has 2 aliphatic rings. The summed E-state index contributed by atoms with van der Waals surface area (Å²) in [6, 6.07) is 9.73. The number of nitrogens with one attached hydrogen (secondary N) is 3. The van der Waals surface area contributed by atoms with E-state index >= 15 is 0 Å². The quantitative estimate of drug-likeness (QED) is 0.402. The Kier molecular flexibility index (Phi) is 10.3. The average Bonchev–Trinajstić information content (AvgIpc) is 3.38. The molecule has 1 aliphatic heterocycles. The van der Waals surface area contributed by atoms with Gasteiger partial charge in [-0.15, -0.1) is 0 Å². The Morgan fingerprint density at radius 3 is 2.57 bits per heavy atom. The zero-order chi connectivity index (χ0) is 32.8. The number of carbonyl (C=O) groups excluding carboxylic acids is 5. The first-order chi connectivity index (χ1) is 22.1. The van der Waals surface area contributed by atoms with Gasteiger partial charge >= 0.3 is 0 Å². The largest absolute Gasteiger partial charge is 0.465 e. The average molecular weight is 628 g/mol. The minimum atomic E-state index is -0.877. The molecule has 0 fully saturated rings. The van der Waals surface area contributed by atoms with Crippen LogP contribution in [0.25, 0.3) is 0 Å². The first-order valence-electron chi connectivity index (χ1n) is 15.9. The van der Waals surface area contributed by atoms with E-state index in [2.05, 4.69) is 20.9 Å². The van der Waals surface area contributed by atoms with E-state index < -0.39 is 29.8 Å². The highest BCUT2D eigenvalue weighted by Crippen LogP contribution is 2.30. The van der Waals surface area contributed by atoms with Crippen LogP contribution in [-0.4, -0.2) is 71.0 Å². The summed E-state index contributed by atoms with van der Waals surface area (Å²) >= 11 is 0. The van der Waals surface area contributed by atoms with Crippen LogP contribution in [-0.2, 0) is 28.9 Å². The zero-order valence-corrected chi connectivity index (χ0v) is 26.6. The second-order valence-electron chi connectivity index (χ2n) is 12.4. The summed E-state index contributed by atoms with van der Waals surface area (Å²) in [5.74, 6) is -1.29. The van der Waals surface area contributed by atoms with Crippen molar-refractivity contribution in [2.24, 2.45) is 5.92 Å². The molecule has 0 unspecified atom stereocenters. The summed E-state index contributed by atoms with van der Waals surface area (Å²) in [7, 11) is 0. The number of fused-ring (bicyclic) bond motifs is 3. The number of furan rings is 1. The van der Waals surface area contributed by atoms with Gasteiger partial charge in [0.05, 0.1) is 29.3 Å². The second kappa shape index (κ2) is 14.5. The maximum absolute atomic E-state index is 14.3. The van der Waals surface area contributed by atoms with Crippen LogP contribution < -0.4 is 16.0 Å². The molecule has 0 saturated heterocycles. The molecule has 2 atom stereocenters.